The Morgan fingerprint density at radius 2 is 1.97 bits per heavy atom. The lowest BCUT2D eigenvalue weighted by atomic mass is 9.77. The van der Waals surface area contributed by atoms with Crippen LogP contribution in [0.4, 0.5) is 5.69 Å². The summed E-state index contributed by atoms with van der Waals surface area (Å²) in [7, 11) is 3.35. The summed E-state index contributed by atoms with van der Waals surface area (Å²) in [6, 6.07) is 12.8. The molecule has 1 N–H and O–H groups in total. The van der Waals surface area contributed by atoms with Crippen molar-refractivity contribution < 1.29 is 18.9 Å². The Morgan fingerprint density at radius 1 is 1.07 bits per heavy atom. The van der Waals surface area contributed by atoms with Gasteiger partial charge >= 0.3 is 0 Å². The molecule has 0 amide bonds. The third-order valence-corrected chi connectivity index (χ3v) is 6.57. The Balaban J connectivity index is 1.47. The van der Waals surface area contributed by atoms with Gasteiger partial charge in [-0.05, 0) is 54.5 Å². The fourth-order valence-electron chi connectivity index (χ4n) is 5.05. The quantitative estimate of drug-likeness (QED) is 0.676. The second-order valence-electron chi connectivity index (χ2n) is 8.26. The van der Waals surface area contributed by atoms with E-state index in [1.165, 1.54) is 11.1 Å². The highest BCUT2D eigenvalue weighted by Crippen LogP contribution is 2.52. The van der Waals surface area contributed by atoms with Crippen molar-refractivity contribution in [2.45, 2.75) is 37.3 Å². The summed E-state index contributed by atoms with van der Waals surface area (Å²) in [6.07, 6.45) is 8.10. The topological polar surface area (TPSA) is 49.0 Å². The van der Waals surface area contributed by atoms with E-state index in [4.69, 9.17) is 18.9 Å². The molecule has 5 nitrogen and oxygen atoms in total. The Hall–Kier alpha value is -2.66. The molecule has 1 saturated heterocycles. The molecular weight excluding hydrogens is 378 g/mol. The van der Waals surface area contributed by atoms with E-state index in [0.29, 0.717) is 18.4 Å². The van der Waals surface area contributed by atoms with Crippen molar-refractivity contribution in [3.63, 3.8) is 0 Å². The van der Waals surface area contributed by atoms with Gasteiger partial charge in [-0.2, -0.15) is 0 Å². The van der Waals surface area contributed by atoms with E-state index >= 15 is 0 Å². The number of benzene rings is 2. The molecule has 30 heavy (non-hydrogen) atoms. The number of allylic oxidation sites excluding steroid dienone is 2. The molecule has 3 aliphatic rings. The predicted molar refractivity (Wildman–Crippen MR) is 117 cm³/mol. The van der Waals surface area contributed by atoms with Gasteiger partial charge in [0, 0.05) is 12.5 Å². The summed E-state index contributed by atoms with van der Waals surface area (Å²) in [6.45, 7) is 1.44. The van der Waals surface area contributed by atoms with Crippen molar-refractivity contribution in [1.29, 1.82) is 0 Å². The summed E-state index contributed by atoms with van der Waals surface area (Å²) in [5.74, 6) is 3.26. The number of hydrogen-bond acceptors (Lipinski definition) is 5. The maximum atomic E-state index is 6.25. The molecule has 0 bridgehead atoms. The smallest absolute Gasteiger partial charge is 0.161 e. The van der Waals surface area contributed by atoms with Crippen molar-refractivity contribution in [3.05, 3.63) is 59.7 Å². The fourth-order valence-corrected chi connectivity index (χ4v) is 5.05. The first-order valence-electron chi connectivity index (χ1n) is 10.8. The molecule has 0 saturated carbocycles. The van der Waals surface area contributed by atoms with Gasteiger partial charge in [0.1, 0.15) is 12.4 Å². The Morgan fingerprint density at radius 3 is 2.77 bits per heavy atom. The predicted octanol–water partition coefficient (Wildman–Crippen LogP) is 5.09. The maximum absolute atomic E-state index is 6.25. The summed E-state index contributed by atoms with van der Waals surface area (Å²) in [5, 5.41) is 3.82. The zero-order chi connectivity index (χ0) is 20.5. The van der Waals surface area contributed by atoms with Gasteiger partial charge in [-0.25, -0.2) is 0 Å². The van der Waals surface area contributed by atoms with Crippen LogP contribution in [0.25, 0.3) is 0 Å². The van der Waals surface area contributed by atoms with Crippen LogP contribution in [0.15, 0.2) is 48.6 Å². The van der Waals surface area contributed by atoms with E-state index in [9.17, 15) is 0 Å². The third kappa shape index (κ3) is 3.41. The molecule has 0 aromatic heterocycles. The first-order valence-corrected chi connectivity index (χ1v) is 10.8. The molecule has 2 aromatic carbocycles. The van der Waals surface area contributed by atoms with Crippen LogP contribution < -0.4 is 19.5 Å². The zero-order valence-corrected chi connectivity index (χ0v) is 17.6. The average Bonchev–Trinajstić information content (AvgIpc) is 3.49. The monoisotopic (exact) mass is 407 g/mol. The molecular formula is C25H29NO4. The summed E-state index contributed by atoms with van der Waals surface area (Å²) >= 11 is 0. The van der Waals surface area contributed by atoms with Gasteiger partial charge in [0.25, 0.3) is 0 Å². The molecule has 158 valence electrons. The number of hydrogen-bond donors (Lipinski definition) is 1. The number of rotatable bonds is 6. The number of para-hydroxylation sites is 1. The number of fused-ring (bicyclic) bond motifs is 3. The number of ether oxygens (including phenoxy) is 4. The minimum Gasteiger partial charge on any atom is -0.493 e. The molecule has 5 rings (SSSR count). The molecule has 2 aliphatic heterocycles. The summed E-state index contributed by atoms with van der Waals surface area (Å²) in [4.78, 5) is 0. The maximum Gasteiger partial charge on any atom is 0.161 e. The van der Waals surface area contributed by atoms with E-state index in [2.05, 4.69) is 47.8 Å². The van der Waals surface area contributed by atoms with Crippen molar-refractivity contribution in [1.82, 2.24) is 0 Å². The largest absolute Gasteiger partial charge is 0.493 e. The summed E-state index contributed by atoms with van der Waals surface area (Å²) in [5.41, 5.74) is 3.62. The first-order chi connectivity index (χ1) is 14.8. The normalized spacial score (nSPS) is 26.6. The molecule has 5 heteroatoms. The van der Waals surface area contributed by atoms with Gasteiger partial charge in [-0.1, -0.05) is 30.4 Å². The highest BCUT2D eigenvalue weighted by atomic mass is 16.5. The van der Waals surface area contributed by atoms with Crippen molar-refractivity contribution in [3.8, 4) is 17.2 Å². The minimum absolute atomic E-state index is 0.171. The van der Waals surface area contributed by atoms with E-state index < -0.39 is 0 Å². The first kappa shape index (κ1) is 19.3. The lowest BCUT2D eigenvalue weighted by molar-refractivity contribution is 0.0681. The number of methoxy groups -OCH3 is 2. The van der Waals surface area contributed by atoms with E-state index in [0.717, 1.165) is 48.8 Å². The fraction of sp³-hybridized carbons (Fsp3) is 0.440. The lowest BCUT2D eigenvalue weighted by Gasteiger charge is -2.38. The van der Waals surface area contributed by atoms with Crippen LogP contribution in [-0.4, -0.2) is 33.5 Å². The van der Waals surface area contributed by atoms with Gasteiger partial charge in [-0.3, -0.25) is 0 Å². The molecule has 0 radical (unpaired) electrons. The van der Waals surface area contributed by atoms with Gasteiger partial charge in [0.05, 0.1) is 32.1 Å². The Bertz CT molecular complexity index is 935. The Kier molecular flexibility index (Phi) is 5.30. The number of anilines is 1. The molecule has 2 heterocycles. The molecule has 4 unspecified atom stereocenters. The van der Waals surface area contributed by atoms with E-state index in [1.54, 1.807) is 14.2 Å². The van der Waals surface area contributed by atoms with Crippen molar-refractivity contribution in [2.24, 2.45) is 5.92 Å². The number of nitrogens with one attached hydrogen (secondary N) is 1. The SMILES string of the molecule is COc1ccc(C2Nc3c(OCC4CCCO4)cccc3C3C=CCC32)cc1OC. The van der Waals surface area contributed by atoms with Crippen LogP contribution in [0.5, 0.6) is 17.2 Å². The van der Waals surface area contributed by atoms with Crippen molar-refractivity contribution >= 4 is 5.69 Å². The van der Waals surface area contributed by atoms with Crippen LogP contribution in [0.2, 0.25) is 0 Å². The Labute approximate surface area is 178 Å². The molecule has 2 aromatic rings. The van der Waals surface area contributed by atoms with Gasteiger partial charge in [0.15, 0.2) is 11.5 Å². The summed E-state index contributed by atoms with van der Waals surface area (Å²) < 4.78 is 23.0. The lowest BCUT2D eigenvalue weighted by Crippen LogP contribution is -2.29. The average molecular weight is 408 g/mol. The van der Waals surface area contributed by atoms with E-state index in [-0.39, 0.29) is 12.1 Å². The van der Waals surface area contributed by atoms with Gasteiger partial charge in [0.2, 0.25) is 0 Å². The molecule has 0 spiro atoms. The zero-order valence-electron chi connectivity index (χ0n) is 17.6. The van der Waals surface area contributed by atoms with Crippen molar-refractivity contribution in [2.75, 3.05) is 32.8 Å². The van der Waals surface area contributed by atoms with Crippen LogP contribution in [0.1, 0.15) is 42.3 Å². The highest BCUT2D eigenvalue weighted by molar-refractivity contribution is 5.68. The minimum atomic E-state index is 0.171. The van der Waals surface area contributed by atoms with Crippen LogP contribution in [0.3, 0.4) is 0 Å². The van der Waals surface area contributed by atoms with Gasteiger partial charge in [-0.15, -0.1) is 0 Å². The molecule has 1 fully saturated rings. The molecule has 1 aliphatic carbocycles. The van der Waals surface area contributed by atoms with Crippen LogP contribution >= 0.6 is 0 Å². The molecule has 4 atom stereocenters. The third-order valence-electron chi connectivity index (χ3n) is 6.57. The van der Waals surface area contributed by atoms with E-state index in [1.807, 2.05) is 6.07 Å². The van der Waals surface area contributed by atoms with Gasteiger partial charge < -0.3 is 24.3 Å². The van der Waals surface area contributed by atoms with Crippen LogP contribution in [0, 0.1) is 5.92 Å². The van der Waals surface area contributed by atoms with Crippen LogP contribution in [-0.2, 0) is 4.74 Å². The second kappa shape index (κ2) is 8.23. The standard InChI is InChI=1S/C25H29NO4/c1-27-21-12-11-16(14-23(21)28-2)24-19-8-3-7-18(19)20-9-4-10-22(25(20)26-24)30-15-17-6-5-13-29-17/h3-4,7,9-12,14,17-19,24,26H,5-6,8,13,15H2,1-2H3. The highest BCUT2D eigenvalue weighted by Gasteiger charge is 2.39. The second-order valence-corrected chi connectivity index (χ2v) is 8.26.